The molecule has 4 nitrogen and oxygen atoms in total. The summed E-state index contributed by atoms with van der Waals surface area (Å²) in [6.45, 7) is 7.66. The molecular formula is C16H27FIN3OS. The Bertz CT molecular complexity index is 502. The number of nitrogens with one attached hydrogen (secondary N) is 2. The van der Waals surface area contributed by atoms with Crippen LogP contribution < -0.4 is 15.4 Å². The predicted octanol–water partition coefficient (Wildman–Crippen LogP) is 3.82. The van der Waals surface area contributed by atoms with E-state index < -0.39 is 0 Å². The van der Waals surface area contributed by atoms with Gasteiger partial charge in [0, 0.05) is 11.8 Å². The summed E-state index contributed by atoms with van der Waals surface area (Å²) < 4.78 is 18.7. The first-order chi connectivity index (χ1) is 10.5. The second kappa shape index (κ2) is 11.8. The number of methoxy groups -OCH3 is 1. The molecule has 7 heteroatoms. The second-order valence-corrected chi connectivity index (χ2v) is 6.30. The van der Waals surface area contributed by atoms with E-state index in [0.29, 0.717) is 5.25 Å². The molecule has 0 aliphatic carbocycles. The van der Waals surface area contributed by atoms with E-state index in [4.69, 9.17) is 4.74 Å². The van der Waals surface area contributed by atoms with E-state index in [0.717, 1.165) is 24.6 Å². The van der Waals surface area contributed by atoms with Gasteiger partial charge in [-0.05, 0) is 37.8 Å². The summed E-state index contributed by atoms with van der Waals surface area (Å²) >= 11 is 1.78. The molecule has 0 spiro atoms. The molecule has 2 atom stereocenters. The molecule has 132 valence electrons. The van der Waals surface area contributed by atoms with Crippen molar-refractivity contribution in [2.24, 2.45) is 4.99 Å². The Hall–Kier alpha value is -0.700. The van der Waals surface area contributed by atoms with Crippen LogP contribution >= 0.6 is 35.7 Å². The van der Waals surface area contributed by atoms with Crippen LogP contribution in [0.3, 0.4) is 0 Å². The normalized spacial score (nSPS) is 13.7. The van der Waals surface area contributed by atoms with E-state index in [-0.39, 0.29) is 41.6 Å². The van der Waals surface area contributed by atoms with Crippen LogP contribution in [0.1, 0.15) is 32.4 Å². The molecule has 0 fully saturated rings. The van der Waals surface area contributed by atoms with Gasteiger partial charge in [-0.2, -0.15) is 11.8 Å². The zero-order valence-electron chi connectivity index (χ0n) is 14.4. The fourth-order valence-electron chi connectivity index (χ4n) is 1.85. The first-order valence-corrected chi connectivity index (χ1v) is 8.71. The number of halogens is 2. The van der Waals surface area contributed by atoms with Gasteiger partial charge in [0.25, 0.3) is 0 Å². The van der Waals surface area contributed by atoms with Crippen LogP contribution in [0.2, 0.25) is 0 Å². The number of hydrogen-bond donors (Lipinski definition) is 2. The van der Waals surface area contributed by atoms with Crippen LogP contribution in [-0.2, 0) is 0 Å². The highest BCUT2D eigenvalue weighted by Crippen LogP contribution is 2.21. The van der Waals surface area contributed by atoms with Crippen LogP contribution in [0.5, 0.6) is 5.75 Å². The van der Waals surface area contributed by atoms with Crippen molar-refractivity contribution >= 4 is 41.7 Å². The molecule has 23 heavy (non-hydrogen) atoms. The van der Waals surface area contributed by atoms with Crippen LogP contribution in [0.4, 0.5) is 4.39 Å². The molecule has 0 aromatic heterocycles. The lowest BCUT2D eigenvalue weighted by atomic mass is 10.1. The van der Waals surface area contributed by atoms with Crippen molar-refractivity contribution in [1.29, 1.82) is 0 Å². The lowest BCUT2D eigenvalue weighted by molar-refractivity contribution is 0.386. The third kappa shape index (κ3) is 7.60. The molecule has 0 aliphatic heterocycles. The van der Waals surface area contributed by atoms with E-state index in [1.165, 1.54) is 13.2 Å². The van der Waals surface area contributed by atoms with Gasteiger partial charge in [-0.1, -0.05) is 13.0 Å². The first kappa shape index (κ1) is 22.3. The third-order valence-corrected chi connectivity index (χ3v) is 4.24. The molecule has 1 aromatic carbocycles. The number of hydrogen-bond acceptors (Lipinski definition) is 3. The smallest absolute Gasteiger partial charge is 0.191 e. The minimum absolute atomic E-state index is 0. The molecule has 0 bridgehead atoms. The van der Waals surface area contributed by atoms with E-state index in [1.807, 2.05) is 19.9 Å². The Kier molecular flexibility index (Phi) is 11.4. The second-order valence-electron chi connectivity index (χ2n) is 5.03. The maximum absolute atomic E-state index is 13.8. The molecule has 2 unspecified atom stereocenters. The Balaban J connectivity index is 0.00000484. The molecule has 0 saturated carbocycles. The highest BCUT2D eigenvalue weighted by Gasteiger charge is 2.11. The highest BCUT2D eigenvalue weighted by molar-refractivity contribution is 14.0. The minimum Gasteiger partial charge on any atom is -0.494 e. The van der Waals surface area contributed by atoms with E-state index in [2.05, 4.69) is 28.8 Å². The molecule has 0 amide bonds. The summed E-state index contributed by atoms with van der Waals surface area (Å²) in [5.41, 5.74) is 0.849. The number of ether oxygens (including phenoxy) is 1. The predicted molar refractivity (Wildman–Crippen MR) is 109 cm³/mol. The fourth-order valence-corrected chi connectivity index (χ4v) is 2.08. The number of rotatable bonds is 7. The highest BCUT2D eigenvalue weighted by atomic mass is 127. The largest absolute Gasteiger partial charge is 0.494 e. The number of guanidine groups is 1. The standard InChI is InChI=1S/C16H26FN3OS.HI/c1-6-18-16(19-10-11(2)22-5)20-12(3)13-7-8-15(21-4)14(17)9-13;/h7-9,11-12H,6,10H2,1-5H3,(H2,18,19,20);1H. The molecule has 2 N–H and O–H groups in total. The van der Waals surface area contributed by atoms with Gasteiger partial charge in [-0.15, -0.1) is 24.0 Å². The SMILES string of the molecule is CCNC(=NCC(C)SC)NC(C)c1ccc(OC)c(F)c1.I. The number of benzene rings is 1. The minimum atomic E-state index is -0.355. The molecule has 0 aliphatic rings. The molecule has 1 rings (SSSR count). The van der Waals surface area contributed by atoms with Gasteiger partial charge >= 0.3 is 0 Å². The van der Waals surface area contributed by atoms with Crippen LogP contribution in [0.25, 0.3) is 0 Å². The van der Waals surface area contributed by atoms with Crippen molar-refractivity contribution in [2.75, 3.05) is 26.5 Å². The van der Waals surface area contributed by atoms with E-state index in [9.17, 15) is 4.39 Å². The van der Waals surface area contributed by atoms with Crippen molar-refractivity contribution < 1.29 is 9.13 Å². The summed E-state index contributed by atoms with van der Waals surface area (Å²) in [4.78, 5) is 4.56. The van der Waals surface area contributed by atoms with E-state index in [1.54, 1.807) is 17.8 Å². The summed E-state index contributed by atoms with van der Waals surface area (Å²) in [6, 6.07) is 4.93. The van der Waals surface area contributed by atoms with Crippen molar-refractivity contribution in [3.63, 3.8) is 0 Å². The maximum Gasteiger partial charge on any atom is 0.191 e. The lowest BCUT2D eigenvalue weighted by Gasteiger charge is -2.19. The molecule has 0 heterocycles. The third-order valence-electron chi connectivity index (χ3n) is 3.28. The van der Waals surface area contributed by atoms with Crippen molar-refractivity contribution in [2.45, 2.75) is 32.1 Å². The molecule has 0 radical (unpaired) electrons. The van der Waals surface area contributed by atoms with Crippen molar-refractivity contribution in [1.82, 2.24) is 10.6 Å². The van der Waals surface area contributed by atoms with Gasteiger partial charge in [-0.25, -0.2) is 4.39 Å². The average Bonchev–Trinajstić information content (AvgIpc) is 2.52. The summed E-state index contributed by atoms with van der Waals surface area (Å²) in [6.07, 6.45) is 2.07. The zero-order chi connectivity index (χ0) is 16.5. The summed E-state index contributed by atoms with van der Waals surface area (Å²) in [5, 5.41) is 6.97. The zero-order valence-corrected chi connectivity index (χ0v) is 17.5. The summed E-state index contributed by atoms with van der Waals surface area (Å²) in [7, 11) is 1.46. The van der Waals surface area contributed by atoms with Crippen molar-refractivity contribution in [3.8, 4) is 5.75 Å². The Morgan fingerprint density at radius 2 is 2.09 bits per heavy atom. The quantitative estimate of drug-likeness (QED) is 0.373. The number of nitrogens with zero attached hydrogens (tertiary/aromatic N) is 1. The molecule has 1 aromatic rings. The van der Waals surface area contributed by atoms with Crippen LogP contribution in [0, 0.1) is 5.82 Å². The maximum atomic E-state index is 13.8. The van der Waals surface area contributed by atoms with E-state index >= 15 is 0 Å². The van der Waals surface area contributed by atoms with Crippen LogP contribution in [0.15, 0.2) is 23.2 Å². The Labute approximate surface area is 160 Å². The van der Waals surface area contributed by atoms with Gasteiger partial charge in [0.15, 0.2) is 17.5 Å². The van der Waals surface area contributed by atoms with Gasteiger partial charge in [0.05, 0.1) is 19.7 Å². The van der Waals surface area contributed by atoms with Gasteiger partial charge < -0.3 is 15.4 Å². The monoisotopic (exact) mass is 455 g/mol. The Morgan fingerprint density at radius 1 is 1.39 bits per heavy atom. The van der Waals surface area contributed by atoms with Crippen molar-refractivity contribution in [3.05, 3.63) is 29.6 Å². The molecular weight excluding hydrogens is 428 g/mol. The fraction of sp³-hybridized carbons (Fsp3) is 0.562. The number of aliphatic imine (C=N–C) groups is 1. The summed E-state index contributed by atoms with van der Waals surface area (Å²) in [5.74, 6) is 0.643. The van der Waals surface area contributed by atoms with Gasteiger partial charge in [0.2, 0.25) is 0 Å². The van der Waals surface area contributed by atoms with Crippen LogP contribution in [-0.4, -0.2) is 37.7 Å². The van der Waals surface area contributed by atoms with Gasteiger partial charge in [0.1, 0.15) is 0 Å². The number of thioether (sulfide) groups is 1. The van der Waals surface area contributed by atoms with Gasteiger partial charge in [-0.3, -0.25) is 4.99 Å². The lowest BCUT2D eigenvalue weighted by Crippen LogP contribution is -2.39. The average molecular weight is 455 g/mol. The Morgan fingerprint density at radius 3 is 2.61 bits per heavy atom. The molecule has 0 saturated heterocycles. The first-order valence-electron chi connectivity index (χ1n) is 7.42. The topological polar surface area (TPSA) is 45.7 Å².